The van der Waals surface area contributed by atoms with Crippen molar-refractivity contribution < 1.29 is 14.6 Å². The van der Waals surface area contributed by atoms with Crippen molar-refractivity contribution in [3.8, 4) is 17.4 Å². The Kier molecular flexibility index (Phi) is 4.35. The molecule has 0 fully saturated rings. The van der Waals surface area contributed by atoms with E-state index in [4.69, 9.17) is 9.47 Å². The van der Waals surface area contributed by atoms with Gasteiger partial charge in [0, 0.05) is 5.39 Å². The number of hydrogen-bond acceptors (Lipinski definition) is 5. The van der Waals surface area contributed by atoms with E-state index in [-0.39, 0.29) is 11.6 Å². The molecule has 0 radical (unpaired) electrons. The Morgan fingerprint density at radius 1 is 1.08 bits per heavy atom. The van der Waals surface area contributed by atoms with Gasteiger partial charge in [-0.15, -0.1) is 4.91 Å². The zero-order valence-electron chi connectivity index (χ0n) is 14.7. The third-order valence-electron chi connectivity index (χ3n) is 4.32. The van der Waals surface area contributed by atoms with Crippen LogP contribution in [0.3, 0.4) is 0 Å². The van der Waals surface area contributed by atoms with Crippen LogP contribution in [0.15, 0.2) is 35.5 Å². The van der Waals surface area contributed by atoms with E-state index in [1.165, 1.54) is 0 Å². The number of ether oxygens (including phenoxy) is 2. The van der Waals surface area contributed by atoms with Crippen LogP contribution in [0.4, 0.5) is 5.69 Å². The summed E-state index contributed by atoms with van der Waals surface area (Å²) >= 11 is 0. The second kappa shape index (κ2) is 6.47. The Labute approximate surface area is 145 Å². The quantitative estimate of drug-likeness (QED) is 0.698. The van der Waals surface area contributed by atoms with Gasteiger partial charge in [-0.05, 0) is 48.4 Å². The standard InChI is InChI=1S/C19H20N2O4/c1-11-7-12(2)18-14(8-11)17(20-23)19(22)21(18)10-13-5-6-15(24-3)16(9-13)25-4/h5-9,22H,10H2,1-4H3. The molecule has 6 nitrogen and oxygen atoms in total. The molecule has 1 N–H and O–H groups in total. The summed E-state index contributed by atoms with van der Waals surface area (Å²) in [4.78, 5) is 11.3. The number of methoxy groups -OCH3 is 2. The highest BCUT2D eigenvalue weighted by molar-refractivity contribution is 5.97. The molecule has 1 heterocycles. The Hall–Kier alpha value is -3.02. The predicted molar refractivity (Wildman–Crippen MR) is 97.2 cm³/mol. The molecule has 0 atom stereocenters. The monoisotopic (exact) mass is 340 g/mol. The van der Waals surface area contributed by atoms with Crippen molar-refractivity contribution >= 4 is 16.6 Å². The minimum atomic E-state index is -0.131. The fraction of sp³-hybridized carbons (Fsp3) is 0.263. The van der Waals surface area contributed by atoms with Crippen LogP contribution in [0.5, 0.6) is 17.4 Å². The molecule has 0 saturated heterocycles. The van der Waals surface area contributed by atoms with E-state index in [1.54, 1.807) is 18.8 Å². The number of fused-ring (bicyclic) bond motifs is 1. The summed E-state index contributed by atoms with van der Waals surface area (Å²) in [5.41, 5.74) is 3.76. The molecular weight excluding hydrogens is 320 g/mol. The first kappa shape index (κ1) is 16.8. The second-order valence-electron chi connectivity index (χ2n) is 6.02. The van der Waals surface area contributed by atoms with Crippen molar-refractivity contribution in [3.63, 3.8) is 0 Å². The Balaban J connectivity index is 2.17. The van der Waals surface area contributed by atoms with Gasteiger partial charge in [0.1, 0.15) is 0 Å². The van der Waals surface area contributed by atoms with Crippen LogP contribution < -0.4 is 9.47 Å². The van der Waals surface area contributed by atoms with E-state index in [1.807, 2.05) is 44.2 Å². The van der Waals surface area contributed by atoms with Gasteiger partial charge >= 0.3 is 0 Å². The summed E-state index contributed by atoms with van der Waals surface area (Å²) in [6.07, 6.45) is 0. The summed E-state index contributed by atoms with van der Waals surface area (Å²) in [6, 6.07) is 9.43. The van der Waals surface area contributed by atoms with E-state index >= 15 is 0 Å². The molecule has 0 amide bonds. The number of aromatic nitrogens is 1. The normalized spacial score (nSPS) is 10.9. The van der Waals surface area contributed by atoms with Gasteiger partial charge < -0.3 is 19.1 Å². The minimum absolute atomic E-state index is 0.0716. The summed E-state index contributed by atoms with van der Waals surface area (Å²) in [6.45, 7) is 4.28. The number of nitroso groups, excluding NO2 is 1. The summed E-state index contributed by atoms with van der Waals surface area (Å²) in [5.74, 6) is 1.11. The van der Waals surface area contributed by atoms with Crippen LogP contribution >= 0.6 is 0 Å². The van der Waals surface area contributed by atoms with Gasteiger partial charge in [0.2, 0.25) is 5.88 Å². The molecule has 3 rings (SSSR count). The van der Waals surface area contributed by atoms with Crippen molar-refractivity contribution in [2.24, 2.45) is 5.18 Å². The lowest BCUT2D eigenvalue weighted by Crippen LogP contribution is -2.01. The number of hydrogen-bond donors (Lipinski definition) is 1. The molecule has 0 aliphatic rings. The highest BCUT2D eigenvalue weighted by atomic mass is 16.5. The van der Waals surface area contributed by atoms with E-state index in [9.17, 15) is 10.0 Å². The zero-order chi connectivity index (χ0) is 18.1. The number of aryl methyl sites for hydroxylation is 2. The molecule has 130 valence electrons. The lowest BCUT2D eigenvalue weighted by Gasteiger charge is -2.12. The fourth-order valence-electron chi connectivity index (χ4n) is 3.26. The Morgan fingerprint density at radius 2 is 1.80 bits per heavy atom. The van der Waals surface area contributed by atoms with Crippen LogP contribution in [0.1, 0.15) is 16.7 Å². The molecule has 0 bridgehead atoms. The predicted octanol–water partition coefficient (Wildman–Crippen LogP) is 4.43. The first-order valence-corrected chi connectivity index (χ1v) is 7.86. The third-order valence-corrected chi connectivity index (χ3v) is 4.32. The molecule has 6 heteroatoms. The van der Waals surface area contributed by atoms with Gasteiger partial charge in [-0.25, -0.2) is 0 Å². The first-order valence-electron chi connectivity index (χ1n) is 7.86. The largest absolute Gasteiger partial charge is 0.493 e. The van der Waals surface area contributed by atoms with E-state index in [2.05, 4.69) is 5.18 Å². The van der Waals surface area contributed by atoms with Gasteiger partial charge in [0.05, 0.1) is 26.3 Å². The fourth-order valence-corrected chi connectivity index (χ4v) is 3.26. The summed E-state index contributed by atoms with van der Waals surface area (Å²) < 4.78 is 12.3. The molecule has 2 aromatic carbocycles. The molecule has 25 heavy (non-hydrogen) atoms. The average molecular weight is 340 g/mol. The minimum Gasteiger partial charge on any atom is -0.493 e. The number of benzene rings is 2. The molecule has 3 aromatic rings. The second-order valence-corrected chi connectivity index (χ2v) is 6.02. The molecule has 0 spiro atoms. The molecule has 0 unspecified atom stereocenters. The average Bonchev–Trinajstić information content (AvgIpc) is 2.86. The zero-order valence-corrected chi connectivity index (χ0v) is 14.7. The lowest BCUT2D eigenvalue weighted by molar-refractivity contribution is 0.354. The van der Waals surface area contributed by atoms with Gasteiger partial charge in [-0.3, -0.25) is 0 Å². The van der Waals surface area contributed by atoms with Gasteiger partial charge in [0.25, 0.3) is 0 Å². The van der Waals surface area contributed by atoms with Crippen molar-refractivity contribution in [2.45, 2.75) is 20.4 Å². The summed E-state index contributed by atoms with van der Waals surface area (Å²) in [7, 11) is 3.15. The van der Waals surface area contributed by atoms with Crippen molar-refractivity contribution in [3.05, 3.63) is 51.9 Å². The van der Waals surface area contributed by atoms with Crippen molar-refractivity contribution in [2.75, 3.05) is 14.2 Å². The van der Waals surface area contributed by atoms with Gasteiger partial charge in [0.15, 0.2) is 17.2 Å². The molecule has 0 aliphatic carbocycles. The Morgan fingerprint density at radius 3 is 2.44 bits per heavy atom. The topological polar surface area (TPSA) is 73.0 Å². The van der Waals surface area contributed by atoms with Crippen LogP contribution in [-0.2, 0) is 6.54 Å². The molecule has 1 aromatic heterocycles. The van der Waals surface area contributed by atoms with E-state index in [0.29, 0.717) is 23.4 Å². The Bertz CT molecular complexity index is 960. The van der Waals surface area contributed by atoms with Crippen molar-refractivity contribution in [1.29, 1.82) is 0 Å². The van der Waals surface area contributed by atoms with E-state index < -0.39 is 0 Å². The summed E-state index contributed by atoms with van der Waals surface area (Å²) in [5, 5.41) is 14.2. The van der Waals surface area contributed by atoms with Crippen LogP contribution in [0.25, 0.3) is 10.9 Å². The maximum absolute atomic E-state index is 11.3. The van der Waals surface area contributed by atoms with Crippen LogP contribution in [0.2, 0.25) is 0 Å². The smallest absolute Gasteiger partial charge is 0.222 e. The number of nitrogens with zero attached hydrogens (tertiary/aromatic N) is 2. The first-order chi connectivity index (χ1) is 12.0. The molecular formula is C19H20N2O4. The molecule has 0 aliphatic heterocycles. The van der Waals surface area contributed by atoms with Gasteiger partial charge in [-0.1, -0.05) is 17.7 Å². The van der Waals surface area contributed by atoms with Crippen molar-refractivity contribution in [1.82, 2.24) is 4.57 Å². The van der Waals surface area contributed by atoms with Crippen LogP contribution in [0, 0.1) is 18.8 Å². The van der Waals surface area contributed by atoms with E-state index in [0.717, 1.165) is 22.2 Å². The highest BCUT2D eigenvalue weighted by Gasteiger charge is 2.20. The SMILES string of the molecule is COc1ccc(Cn2c(O)c(N=O)c3cc(C)cc(C)c32)cc1OC. The number of aromatic hydroxyl groups is 1. The number of rotatable bonds is 5. The maximum Gasteiger partial charge on any atom is 0.222 e. The maximum atomic E-state index is 11.3. The highest BCUT2D eigenvalue weighted by Crippen LogP contribution is 2.41. The van der Waals surface area contributed by atoms with Gasteiger partial charge in [-0.2, -0.15) is 0 Å². The third kappa shape index (κ3) is 2.80. The molecule has 0 saturated carbocycles. The lowest BCUT2D eigenvalue weighted by atomic mass is 10.1. The van der Waals surface area contributed by atoms with Crippen LogP contribution in [-0.4, -0.2) is 23.9 Å².